The highest BCUT2D eigenvalue weighted by atomic mass is 35.5. The zero-order valence-electron chi connectivity index (χ0n) is 10.7. The van der Waals surface area contributed by atoms with Crippen molar-refractivity contribution in [2.45, 2.75) is 12.8 Å². The zero-order chi connectivity index (χ0) is 14.5. The number of thiazole rings is 1. The van der Waals surface area contributed by atoms with Crippen LogP contribution >= 0.6 is 22.9 Å². The number of esters is 1. The van der Waals surface area contributed by atoms with Gasteiger partial charge in [-0.05, 0) is 18.2 Å². The van der Waals surface area contributed by atoms with Crippen molar-refractivity contribution in [1.82, 2.24) is 4.98 Å². The molecular weight excluding hydrogens is 303 g/mol. The van der Waals surface area contributed by atoms with Crippen molar-refractivity contribution < 1.29 is 13.9 Å². The van der Waals surface area contributed by atoms with E-state index < -0.39 is 5.82 Å². The summed E-state index contributed by atoms with van der Waals surface area (Å²) in [6.07, 6.45) is 0.758. The monoisotopic (exact) mass is 314 g/mol. The van der Waals surface area contributed by atoms with E-state index in [1.54, 1.807) is 0 Å². The number of hydrogen-bond donors (Lipinski definition) is 1. The van der Waals surface area contributed by atoms with Crippen LogP contribution < -0.4 is 5.32 Å². The molecule has 1 heterocycles. The fourth-order valence-electron chi connectivity index (χ4n) is 1.52. The number of nitrogens with zero attached hydrogens (tertiary/aromatic N) is 1. The predicted octanol–water partition coefficient (Wildman–Crippen LogP) is 3.78. The second kappa shape index (κ2) is 6.67. The van der Waals surface area contributed by atoms with Gasteiger partial charge in [-0.2, -0.15) is 0 Å². The van der Waals surface area contributed by atoms with Gasteiger partial charge in [0.05, 0.1) is 24.9 Å². The number of ether oxygens (including phenoxy) is 1. The second-order valence-corrected chi connectivity index (χ2v) is 5.26. The minimum Gasteiger partial charge on any atom is -0.469 e. The van der Waals surface area contributed by atoms with Crippen LogP contribution in [-0.4, -0.2) is 18.1 Å². The summed E-state index contributed by atoms with van der Waals surface area (Å²) in [6, 6.07) is 4.26. The maximum Gasteiger partial charge on any atom is 0.305 e. The van der Waals surface area contributed by atoms with Crippen molar-refractivity contribution in [2.75, 3.05) is 12.4 Å². The Kier molecular flexibility index (Phi) is 4.92. The van der Waals surface area contributed by atoms with Gasteiger partial charge in [-0.1, -0.05) is 11.6 Å². The summed E-state index contributed by atoms with van der Waals surface area (Å²) in [5.74, 6) is -0.686. The highest BCUT2D eigenvalue weighted by Gasteiger charge is 2.08. The first-order chi connectivity index (χ1) is 9.58. The van der Waals surface area contributed by atoms with E-state index in [2.05, 4.69) is 15.0 Å². The van der Waals surface area contributed by atoms with E-state index in [4.69, 9.17) is 11.6 Å². The Morgan fingerprint density at radius 2 is 2.35 bits per heavy atom. The molecule has 0 radical (unpaired) electrons. The van der Waals surface area contributed by atoms with Crippen LogP contribution in [0.1, 0.15) is 12.1 Å². The number of aryl methyl sites for hydroxylation is 1. The standard InChI is InChI=1S/C13H12ClFN2O2S/c1-19-12(18)5-3-9-7-20-13(16-9)17-11-6-8(14)2-4-10(11)15/h2,4,6-7H,3,5H2,1H3,(H,16,17). The number of methoxy groups -OCH3 is 1. The fraction of sp³-hybridized carbons (Fsp3) is 0.231. The summed E-state index contributed by atoms with van der Waals surface area (Å²) < 4.78 is 18.1. The smallest absolute Gasteiger partial charge is 0.305 e. The number of aromatic nitrogens is 1. The van der Waals surface area contributed by atoms with Gasteiger partial charge >= 0.3 is 5.97 Å². The first-order valence-corrected chi connectivity index (χ1v) is 7.07. The van der Waals surface area contributed by atoms with E-state index in [9.17, 15) is 9.18 Å². The maximum absolute atomic E-state index is 13.6. The SMILES string of the molecule is COC(=O)CCc1csc(Nc2cc(Cl)ccc2F)n1. The Bertz CT molecular complexity index is 618. The molecule has 0 atom stereocenters. The van der Waals surface area contributed by atoms with E-state index in [0.29, 0.717) is 16.6 Å². The summed E-state index contributed by atoms with van der Waals surface area (Å²) in [5, 5.41) is 5.67. The molecule has 0 spiro atoms. The Morgan fingerprint density at radius 3 is 3.10 bits per heavy atom. The quantitative estimate of drug-likeness (QED) is 0.853. The van der Waals surface area contributed by atoms with Crippen LogP contribution in [0.25, 0.3) is 0 Å². The Morgan fingerprint density at radius 1 is 1.55 bits per heavy atom. The van der Waals surface area contributed by atoms with Crippen molar-refractivity contribution in [3.8, 4) is 0 Å². The number of carbonyl (C=O) groups is 1. The molecular formula is C13H12ClFN2O2S. The highest BCUT2D eigenvalue weighted by molar-refractivity contribution is 7.13. The van der Waals surface area contributed by atoms with Gasteiger partial charge in [0.25, 0.3) is 0 Å². The molecule has 7 heteroatoms. The molecule has 0 unspecified atom stereocenters. The summed E-state index contributed by atoms with van der Waals surface area (Å²) in [7, 11) is 1.35. The maximum atomic E-state index is 13.6. The summed E-state index contributed by atoms with van der Waals surface area (Å²) in [4.78, 5) is 15.3. The molecule has 0 aliphatic carbocycles. The van der Waals surface area contributed by atoms with Gasteiger partial charge in [0.15, 0.2) is 5.13 Å². The van der Waals surface area contributed by atoms with Crippen LogP contribution in [0.5, 0.6) is 0 Å². The lowest BCUT2D eigenvalue weighted by atomic mass is 10.2. The number of anilines is 2. The second-order valence-electron chi connectivity index (χ2n) is 3.97. The number of benzene rings is 1. The van der Waals surface area contributed by atoms with Crippen molar-refractivity contribution in [3.63, 3.8) is 0 Å². The van der Waals surface area contributed by atoms with Gasteiger partial charge < -0.3 is 10.1 Å². The lowest BCUT2D eigenvalue weighted by molar-refractivity contribution is -0.140. The molecule has 1 N–H and O–H groups in total. The summed E-state index contributed by atoms with van der Waals surface area (Å²) in [6.45, 7) is 0. The Labute approximate surface area is 124 Å². The van der Waals surface area contributed by atoms with Crippen molar-refractivity contribution in [2.24, 2.45) is 0 Å². The van der Waals surface area contributed by atoms with Gasteiger partial charge in [-0.15, -0.1) is 11.3 Å². The van der Waals surface area contributed by atoms with Gasteiger partial charge in [0.1, 0.15) is 5.82 Å². The third-order valence-corrected chi connectivity index (χ3v) is 3.58. The van der Waals surface area contributed by atoms with Crippen LogP contribution in [-0.2, 0) is 16.0 Å². The van der Waals surface area contributed by atoms with Gasteiger partial charge in [0, 0.05) is 16.8 Å². The predicted molar refractivity (Wildman–Crippen MR) is 77.1 cm³/mol. The minimum atomic E-state index is -0.402. The molecule has 0 amide bonds. The molecule has 2 rings (SSSR count). The number of hydrogen-bond acceptors (Lipinski definition) is 5. The third-order valence-electron chi connectivity index (χ3n) is 2.53. The summed E-state index contributed by atoms with van der Waals surface area (Å²) >= 11 is 7.15. The molecule has 0 fully saturated rings. The molecule has 1 aromatic heterocycles. The molecule has 1 aromatic carbocycles. The molecule has 2 aromatic rings. The molecule has 106 valence electrons. The van der Waals surface area contributed by atoms with Gasteiger partial charge in [-0.25, -0.2) is 9.37 Å². The molecule has 0 saturated heterocycles. The minimum absolute atomic E-state index is 0.269. The lowest BCUT2D eigenvalue weighted by Gasteiger charge is -2.04. The molecule has 4 nitrogen and oxygen atoms in total. The van der Waals surface area contributed by atoms with Crippen molar-refractivity contribution >= 4 is 39.7 Å². The normalized spacial score (nSPS) is 10.3. The third kappa shape index (κ3) is 3.91. The zero-order valence-corrected chi connectivity index (χ0v) is 12.2. The van der Waals surface area contributed by atoms with E-state index in [-0.39, 0.29) is 18.1 Å². The highest BCUT2D eigenvalue weighted by Crippen LogP contribution is 2.26. The van der Waals surface area contributed by atoms with Crippen LogP contribution in [0.4, 0.5) is 15.2 Å². The number of nitrogens with one attached hydrogen (secondary N) is 1. The van der Waals surface area contributed by atoms with E-state index in [0.717, 1.165) is 5.69 Å². The van der Waals surface area contributed by atoms with Crippen LogP contribution in [0.3, 0.4) is 0 Å². The average Bonchev–Trinajstić information content (AvgIpc) is 2.88. The van der Waals surface area contributed by atoms with Crippen LogP contribution in [0.15, 0.2) is 23.6 Å². The van der Waals surface area contributed by atoms with E-state index in [1.165, 1.54) is 36.6 Å². The first-order valence-electron chi connectivity index (χ1n) is 5.82. The van der Waals surface area contributed by atoms with Crippen LogP contribution in [0.2, 0.25) is 5.02 Å². The summed E-state index contributed by atoms with van der Waals surface area (Å²) in [5.41, 5.74) is 1.02. The number of halogens is 2. The Balaban J connectivity index is 2.02. The van der Waals surface area contributed by atoms with E-state index >= 15 is 0 Å². The van der Waals surface area contributed by atoms with E-state index in [1.807, 2.05) is 5.38 Å². The largest absolute Gasteiger partial charge is 0.469 e. The molecule has 20 heavy (non-hydrogen) atoms. The lowest BCUT2D eigenvalue weighted by Crippen LogP contribution is -2.02. The molecule has 0 aliphatic heterocycles. The first kappa shape index (κ1) is 14.7. The van der Waals surface area contributed by atoms with Crippen molar-refractivity contribution in [1.29, 1.82) is 0 Å². The number of rotatable bonds is 5. The topological polar surface area (TPSA) is 51.2 Å². The van der Waals surface area contributed by atoms with Gasteiger partial charge in [-0.3, -0.25) is 4.79 Å². The Hall–Kier alpha value is -1.66. The molecule has 0 bridgehead atoms. The van der Waals surface area contributed by atoms with Gasteiger partial charge in [0.2, 0.25) is 0 Å². The van der Waals surface area contributed by atoms with Crippen molar-refractivity contribution in [3.05, 3.63) is 40.1 Å². The molecule has 0 saturated carbocycles. The number of carbonyl (C=O) groups excluding carboxylic acids is 1. The molecule has 0 aliphatic rings. The van der Waals surface area contributed by atoms with Crippen LogP contribution in [0, 0.1) is 5.82 Å². The fourth-order valence-corrected chi connectivity index (χ4v) is 2.45. The average molecular weight is 315 g/mol.